The maximum Gasteiger partial charge on any atom is 0.00721 e. The molecule has 0 radical (unpaired) electrons. The molecule has 2 N–H and O–H groups in total. The average Bonchev–Trinajstić information content (AvgIpc) is 2.11. The molecule has 1 nitrogen and oxygen atoms in total. The fourth-order valence-corrected chi connectivity index (χ4v) is 2.06. The first-order valence-electron chi connectivity index (χ1n) is 4.27. The van der Waals surface area contributed by atoms with Gasteiger partial charge in [-0.1, -0.05) is 27.2 Å². The third kappa shape index (κ3) is 1.51. The summed E-state index contributed by atoms with van der Waals surface area (Å²) in [5, 5.41) is 0. The maximum atomic E-state index is 5.97. The van der Waals surface area contributed by atoms with Crippen LogP contribution in [0.5, 0.6) is 0 Å². The first kappa shape index (κ1) is 8.06. The van der Waals surface area contributed by atoms with Crippen molar-refractivity contribution in [2.75, 3.05) is 0 Å². The predicted molar refractivity (Wildman–Crippen MR) is 44.8 cm³/mol. The highest BCUT2D eigenvalue weighted by atomic mass is 14.7. The molecule has 60 valence electrons. The minimum atomic E-state index is 0.427. The van der Waals surface area contributed by atoms with Crippen LogP contribution in [0, 0.1) is 11.3 Å². The second-order valence-electron chi connectivity index (χ2n) is 4.57. The molecule has 1 fully saturated rings. The molecule has 1 aliphatic rings. The predicted octanol–water partition coefficient (Wildman–Crippen LogP) is 2.16. The molecule has 2 unspecified atom stereocenters. The van der Waals surface area contributed by atoms with Gasteiger partial charge in [-0.2, -0.15) is 0 Å². The molecular formula is C9H19N. The van der Waals surface area contributed by atoms with Crippen LogP contribution in [0.3, 0.4) is 0 Å². The zero-order valence-corrected chi connectivity index (χ0v) is 7.35. The van der Waals surface area contributed by atoms with Gasteiger partial charge in [-0.05, 0) is 24.2 Å². The lowest BCUT2D eigenvalue weighted by molar-refractivity contribution is 0.224. The highest BCUT2D eigenvalue weighted by Crippen LogP contribution is 2.38. The molecule has 1 saturated carbocycles. The Morgan fingerprint density at radius 3 is 2.00 bits per heavy atom. The van der Waals surface area contributed by atoms with E-state index in [1.165, 1.54) is 19.3 Å². The largest absolute Gasteiger partial charge is 0.327 e. The lowest BCUT2D eigenvalue weighted by Gasteiger charge is -2.30. The van der Waals surface area contributed by atoms with Gasteiger partial charge in [0.1, 0.15) is 0 Å². The van der Waals surface area contributed by atoms with Crippen LogP contribution < -0.4 is 5.73 Å². The highest BCUT2D eigenvalue weighted by molar-refractivity contribution is 4.87. The van der Waals surface area contributed by atoms with Gasteiger partial charge in [-0.3, -0.25) is 0 Å². The Morgan fingerprint density at radius 2 is 1.80 bits per heavy atom. The van der Waals surface area contributed by atoms with E-state index in [4.69, 9.17) is 5.73 Å². The van der Waals surface area contributed by atoms with Crippen LogP contribution in [0.15, 0.2) is 0 Å². The van der Waals surface area contributed by atoms with E-state index in [2.05, 4.69) is 20.8 Å². The Bertz CT molecular complexity index is 112. The standard InChI is InChI=1S/C9H19N/c1-9(2,3)7-5-4-6-8(7)10/h7-8H,4-6,10H2,1-3H3. The van der Waals surface area contributed by atoms with Gasteiger partial charge < -0.3 is 5.73 Å². The van der Waals surface area contributed by atoms with E-state index < -0.39 is 0 Å². The van der Waals surface area contributed by atoms with Crippen molar-refractivity contribution in [3.8, 4) is 0 Å². The molecule has 2 atom stereocenters. The molecular weight excluding hydrogens is 122 g/mol. The molecule has 1 heteroatoms. The third-order valence-electron chi connectivity index (χ3n) is 2.68. The second-order valence-corrected chi connectivity index (χ2v) is 4.57. The quantitative estimate of drug-likeness (QED) is 0.549. The van der Waals surface area contributed by atoms with Gasteiger partial charge in [0.05, 0.1) is 0 Å². The first-order chi connectivity index (χ1) is 4.52. The van der Waals surface area contributed by atoms with Crippen molar-refractivity contribution in [1.82, 2.24) is 0 Å². The highest BCUT2D eigenvalue weighted by Gasteiger charge is 2.33. The molecule has 0 aromatic heterocycles. The monoisotopic (exact) mass is 141 g/mol. The molecule has 10 heavy (non-hydrogen) atoms. The lowest BCUT2D eigenvalue weighted by atomic mass is 9.78. The topological polar surface area (TPSA) is 26.0 Å². The summed E-state index contributed by atoms with van der Waals surface area (Å²) in [6, 6.07) is 0.472. The van der Waals surface area contributed by atoms with Crippen molar-refractivity contribution in [3.05, 3.63) is 0 Å². The van der Waals surface area contributed by atoms with Gasteiger partial charge in [-0.15, -0.1) is 0 Å². The molecule has 1 aliphatic carbocycles. The van der Waals surface area contributed by atoms with Gasteiger partial charge in [0.15, 0.2) is 0 Å². The van der Waals surface area contributed by atoms with Gasteiger partial charge in [0.2, 0.25) is 0 Å². The molecule has 0 saturated heterocycles. The summed E-state index contributed by atoms with van der Waals surface area (Å²) in [6.07, 6.45) is 3.91. The minimum Gasteiger partial charge on any atom is -0.327 e. The molecule has 0 bridgehead atoms. The number of hydrogen-bond donors (Lipinski definition) is 1. The van der Waals surface area contributed by atoms with Crippen LogP contribution in [0.25, 0.3) is 0 Å². The Morgan fingerprint density at radius 1 is 1.20 bits per heavy atom. The van der Waals surface area contributed by atoms with Crippen LogP contribution >= 0.6 is 0 Å². The summed E-state index contributed by atoms with van der Waals surface area (Å²) in [4.78, 5) is 0. The summed E-state index contributed by atoms with van der Waals surface area (Å²) in [5.41, 5.74) is 6.39. The Hall–Kier alpha value is -0.0400. The van der Waals surface area contributed by atoms with Crippen LogP contribution in [-0.4, -0.2) is 6.04 Å². The van der Waals surface area contributed by atoms with Crippen LogP contribution in [0.1, 0.15) is 40.0 Å². The van der Waals surface area contributed by atoms with Gasteiger partial charge in [-0.25, -0.2) is 0 Å². The van der Waals surface area contributed by atoms with E-state index >= 15 is 0 Å². The minimum absolute atomic E-state index is 0.427. The van der Waals surface area contributed by atoms with E-state index in [1.54, 1.807) is 0 Å². The average molecular weight is 141 g/mol. The molecule has 0 amide bonds. The fourth-order valence-electron chi connectivity index (χ4n) is 2.06. The van der Waals surface area contributed by atoms with Gasteiger partial charge in [0, 0.05) is 6.04 Å². The van der Waals surface area contributed by atoms with Gasteiger partial charge >= 0.3 is 0 Å². The van der Waals surface area contributed by atoms with Crippen molar-refractivity contribution in [3.63, 3.8) is 0 Å². The molecule has 0 heterocycles. The van der Waals surface area contributed by atoms with E-state index in [-0.39, 0.29) is 0 Å². The van der Waals surface area contributed by atoms with E-state index in [0.717, 1.165) is 5.92 Å². The lowest BCUT2D eigenvalue weighted by Crippen LogP contribution is -2.33. The second kappa shape index (κ2) is 2.54. The van der Waals surface area contributed by atoms with Crippen molar-refractivity contribution in [2.45, 2.75) is 46.1 Å². The summed E-state index contributed by atoms with van der Waals surface area (Å²) in [5.74, 6) is 0.757. The Labute approximate surface area is 64.0 Å². The van der Waals surface area contributed by atoms with Crippen molar-refractivity contribution in [1.29, 1.82) is 0 Å². The smallest absolute Gasteiger partial charge is 0.00721 e. The Kier molecular flexibility index (Phi) is 2.04. The zero-order chi connectivity index (χ0) is 7.78. The zero-order valence-electron chi connectivity index (χ0n) is 7.35. The SMILES string of the molecule is CC(C)(C)C1CCCC1N. The number of nitrogens with two attached hydrogens (primary N) is 1. The Balaban J connectivity index is 2.55. The van der Waals surface area contributed by atoms with Crippen molar-refractivity contribution >= 4 is 0 Å². The fraction of sp³-hybridized carbons (Fsp3) is 1.00. The maximum absolute atomic E-state index is 5.97. The summed E-state index contributed by atoms with van der Waals surface area (Å²) in [6.45, 7) is 6.88. The van der Waals surface area contributed by atoms with Gasteiger partial charge in [0.25, 0.3) is 0 Å². The van der Waals surface area contributed by atoms with Crippen LogP contribution in [-0.2, 0) is 0 Å². The number of hydrogen-bond acceptors (Lipinski definition) is 1. The normalized spacial score (nSPS) is 34.8. The van der Waals surface area contributed by atoms with Crippen molar-refractivity contribution in [2.24, 2.45) is 17.1 Å². The number of rotatable bonds is 0. The van der Waals surface area contributed by atoms with Crippen LogP contribution in [0.2, 0.25) is 0 Å². The third-order valence-corrected chi connectivity index (χ3v) is 2.68. The first-order valence-corrected chi connectivity index (χ1v) is 4.27. The summed E-state index contributed by atoms with van der Waals surface area (Å²) in [7, 11) is 0. The molecule has 0 spiro atoms. The van der Waals surface area contributed by atoms with E-state index in [0.29, 0.717) is 11.5 Å². The van der Waals surface area contributed by atoms with E-state index in [1.807, 2.05) is 0 Å². The molecule has 0 aromatic carbocycles. The molecule has 0 aromatic rings. The summed E-state index contributed by atoms with van der Waals surface area (Å²) >= 11 is 0. The summed E-state index contributed by atoms with van der Waals surface area (Å²) < 4.78 is 0. The van der Waals surface area contributed by atoms with Crippen molar-refractivity contribution < 1.29 is 0 Å². The molecule has 1 rings (SSSR count). The molecule has 0 aliphatic heterocycles. The van der Waals surface area contributed by atoms with Crippen LogP contribution in [0.4, 0.5) is 0 Å². The van der Waals surface area contributed by atoms with E-state index in [9.17, 15) is 0 Å².